The van der Waals surface area contributed by atoms with Crippen LogP contribution in [0.2, 0.25) is 0 Å². The number of nitrogens with zero attached hydrogens (tertiary/aromatic N) is 3. The lowest BCUT2D eigenvalue weighted by Gasteiger charge is -2.28. The second kappa shape index (κ2) is 16.1. The van der Waals surface area contributed by atoms with Crippen molar-refractivity contribution in [1.82, 2.24) is 14.5 Å². The van der Waals surface area contributed by atoms with Crippen LogP contribution in [-0.2, 0) is 21.7 Å². The minimum Gasteiger partial charge on any atom is -0.507 e. The second-order valence-electron chi connectivity index (χ2n) is 19.0. The maximum Gasteiger partial charge on any atom is 0.149 e. The Balaban J connectivity index is 1.62. The van der Waals surface area contributed by atoms with Crippen LogP contribution in [0.5, 0.6) is 5.75 Å². The molecule has 0 radical (unpaired) electrons. The summed E-state index contributed by atoms with van der Waals surface area (Å²) < 4.78 is 160. The third kappa shape index (κ3) is 8.43. The second-order valence-corrected chi connectivity index (χ2v) is 19.0. The summed E-state index contributed by atoms with van der Waals surface area (Å²) in [5.41, 5.74) is -2.05. The number of rotatable bonds is 6. The van der Waals surface area contributed by atoms with Crippen molar-refractivity contribution >= 4 is 11.0 Å². The highest BCUT2D eigenvalue weighted by Gasteiger charge is 2.30. The van der Waals surface area contributed by atoms with Crippen LogP contribution >= 0.6 is 0 Å². The maximum atomic E-state index is 13.1. The van der Waals surface area contributed by atoms with Gasteiger partial charge in [-0.3, -0.25) is 9.55 Å². The van der Waals surface area contributed by atoms with Crippen molar-refractivity contribution in [1.29, 1.82) is 0 Å². The molecule has 2 heterocycles. The van der Waals surface area contributed by atoms with Crippen molar-refractivity contribution in [3.05, 3.63) is 167 Å². The average molecular weight is 862 g/mol. The van der Waals surface area contributed by atoms with Gasteiger partial charge in [0, 0.05) is 53.1 Å². The monoisotopic (exact) mass is 862 g/mol. The van der Waals surface area contributed by atoms with Crippen molar-refractivity contribution in [2.45, 2.75) is 118 Å². The molecule has 0 fully saturated rings. The van der Waals surface area contributed by atoms with Gasteiger partial charge in [-0.2, -0.15) is 0 Å². The number of hydrogen-bond acceptors (Lipinski definition) is 3. The first-order chi connectivity index (χ1) is 37.5. The van der Waals surface area contributed by atoms with E-state index in [1.807, 2.05) is 120 Å². The first-order valence-corrected chi connectivity index (χ1v) is 21.3. The van der Waals surface area contributed by atoms with Crippen molar-refractivity contribution in [2.24, 2.45) is 0 Å². The number of aryl methyl sites for hydroxylation is 2. The number of phenolic OH excluding ortho intramolecular Hbond substituents is 1. The number of pyridine rings is 1. The molecule has 8 rings (SSSR count). The molecule has 0 atom stereocenters. The number of para-hydroxylation sites is 1. The molecule has 0 amide bonds. The van der Waals surface area contributed by atoms with Gasteiger partial charge in [0.25, 0.3) is 0 Å². The maximum absolute atomic E-state index is 13.1. The fourth-order valence-electron chi connectivity index (χ4n) is 8.49. The molecular weight excluding hydrogens is 779 g/mol. The molecule has 0 saturated heterocycles. The molecule has 0 spiro atoms. The number of phenols is 1. The molecule has 326 valence electrons. The molecule has 4 nitrogen and oxygen atoms in total. The smallest absolute Gasteiger partial charge is 0.149 e. The molecule has 64 heavy (non-hydrogen) atoms. The van der Waals surface area contributed by atoms with E-state index in [1.54, 1.807) is 35.0 Å². The lowest BCUT2D eigenvalue weighted by atomic mass is 9.79. The molecule has 8 aromatic rings. The third-order valence-electron chi connectivity index (χ3n) is 12.0. The highest BCUT2D eigenvalue weighted by molar-refractivity contribution is 5.98. The molecular formula is C60H65N3O. The summed E-state index contributed by atoms with van der Waals surface area (Å²) in [6.45, 7) is -8.21. The van der Waals surface area contributed by atoms with Gasteiger partial charge in [-0.25, -0.2) is 4.98 Å². The Labute approximate surface area is 407 Å². The predicted molar refractivity (Wildman–Crippen MR) is 272 cm³/mol. The van der Waals surface area contributed by atoms with Crippen LogP contribution < -0.4 is 0 Å². The van der Waals surface area contributed by atoms with Gasteiger partial charge in [0.2, 0.25) is 0 Å². The number of fused-ring (bicyclic) bond motifs is 1. The highest BCUT2D eigenvalue weighted by Crippen LogP contribution is 2.46. The van der Waals surface area contributed by atoms with E-state index >= 15 is 0 Å². The Morgan fingerprint density at radius 1 is 0.516 bits per heavy atom. The van der Waals surface area contributed by atoms with E-state index in [0.717, 1.165) is 45.0 Å². The zero-order valence-electron chi connectivity index (χ0n) is 55.5. The van der Waals surface area contributed by atoms with Crippen molar-refractivity contribution < 1.29 is 29.8 Å². The van der Waals surface area contributed by atoms with Gasteiger partial charge in [-0.05, 0) is 134 Å². The Morgan fingerprint density at radius 2 is 1.16 bits per heavy atom. The van der Waals surface area contributed by atoms with E-state index < -0.39 is 91.0 Å². The van der Waals surface area contributed by atoms with Crippen LogP contribution in [0.3, 0.4) is 0 Å². The summed E-state index contributed by atoms with van der Waals surface area (Å²) in [6.07, 6.45) is 1.75. The van der Waals surface area contributed by atoms with Gasteiger partial charge in [0.15, 0.2) is 0 Å². The minimum absolute atomic E-state index is 0.194. The Bertz CT molecular complexity index is 3640. The van der Waals surface area contributed by atoms with E-state index in [9.17, 15) is 5.11 Å². The summed E-state index contributed by atoms with van der Waals surface area (Å²) >= 11 is 0. The average Bonchev–Trinajstić information content (AvgIpc) is 1.06. The zero-order chi connectivity index (χ0) is 61.1. The quantitative estimate of drug-likeness (QED) is 0.181. The third-order valence-corrected chi connectivity index (χ3v) is 12.0. The minimum atomic E-state index is -4.13. The van der Waals surface area contributed by atoms with Gasteiger partial charge >= 0.3 is 0 Å². The van der Waals surface area contributed by atoms with Gasteiger partial charge in [0.05, 0.1) is 28.0 Å². The van der Waals surface area contributed by atoms with Crippen molar-refractivity contribution in [3.8, 4) is 67.5 Å². The molecule has 0 aliphatic heterocycles. The van der Waals surface area contributed by atoms with Crippen LogP contribution in [-0.4, -0.2) is 19.6 Å². The molecule has 0 aliphatic carbocycles. The number of benzene rings is 6. The van der Waals surface area contributed by atoms with Crippen LogP contribution in [0.15, 0.2) is 134 Å². The standard InChI is InChI=1S/C60H65N3O/c1-37-20-18-21-38(2)53(37)40-28-29-61-50(33-40)42-30-41(31-44(32-42)58(6,7)8)46-24-19-25-52-54(46)62-56(48-35-45(59(9,10)11)36-49(55(48)64)60(12,13)14)63(52)51-27-26-43(57(3,4)5)34-47(51)39-22-16-15-17-23-39/h15-36,64H,1-14H3/i9D3,10D3,11D3,12D3,13D3,14D3. The van der Waals surface area contributed by atoms with E-state index in [1.165, 1.54) is 0 Å². The van der Waals surface area contributed by atoms with Crippen LogP contribution in [0, 0.1) is 13.8 Å². The SMILES string of the molecule is [2H]C([2H])([2H])C(c1cc(-c2nc3c(-c4cc(-c5cc(-c6c(C)cccc6C)ccn5)cc(C(C)(C)C)c4)cccc3n2-c2ccc(C(C)(C)C)cc2-c2ccccc2)c(O)c(C(C([2H])([2H])[2H])(C([2H])([2H])[2H])C([2H])([2H])[2H])c1)(C([2H])([2H])[2H])C([2H])([2H])[2H]. The summed E-state index contributed by atoms with van der Waals surface area (Å²) in [6, 6.07) is 37.1. The predicted octanol–water partition coefficient (Wildman–Crippen LogP) is 16.3. The summed E-state index contributed by atoms with van der Waals surface area (Å²) in [7, 11) is 0. The largest absolute Gasteiger partial charge is 0.507 e. The van der Waals surface area contributed by atoms with E-state index in [0.29, 0.717) is 45.2 Å². The molecule has 2 aromatic heterocycles. The van der Waals surface area contributed by atoms with Crippen LogP contribution in [0.4, 0.5) is 0 Å². The summed E-state index contributed by atoms with van der Waals surface area (Å²) in [5, 5.41) is 13.1. The van der Waals surface area contributed by atoms with Crippen molar-refractivity contribution in [3.63, 3.8) is 0 Å². The van der Waals surface area contributed by atoms with Gasteiger partial charge in [0.1, 0.15) is 11.6 Å². The molecule has 0 unspecified atom stereocenters. The number of imidazole rings is 1. The van der Waals surface area contributed by atoms with Crippen LogP contribution in [0.25, 0.3) is 72.7 Å². The fourth-order valence-corrected chi connectivity index (χ4v) is 8.49. The van der Waals surface area contributed by atoms with E-state index in [-0.39, 0.29) is 5.52 Å². The van der Waals surface area contributed by atoms with E-state index in [2.05, 4.69) is 26.8 Å². The lowest BCUT2D eigenvalue weighted by molar-refractivity contribution is 0.446. The normalized spacial score (nSPS) is 17.9. The molecule has 0 aliphatic rings. The van der Waals surface area contributed by atoms with Gasteiger partial charge in [-0.1, -0.05) is 162 Å². The first-order valence-electron chi connectivity index (χ1n) is 30.3. The molecule has 1 N–H and O–H groups in total. The molecule has 0 bridgehead atoms. The summed E-state index contributed by atoms with van der Waals surface area (Å²) in [5.74, 6) is -1.75. The number of aromatic hydroxyl groups is 1. The fraction of sp³-hybridized carbons (Fsp3) is 0.300. The molecule has 6 aromatic carbocycles. The highest BCUT2D eigenvalue weighted by atomic mass is 16.3. The van der Waals surface area contributed by atoms with Crippen molar-refractivity contribution in [2.75, 3.05) is 0 Å². The topological polar surface area (TPSA) is 50.9 Å². The Morgan fingerprint density at radius 3 is 1.83 bits per heavy atom. The zero-order valence-corrected chi connectivity index (χ0v) is 37.5. The van der Waals surface area contributed by atoms with E-state index in [4.69, 9.17) is 34.6 Å². The van der Waals surface area contributed by atoms with Gasteiger partial charge < -0.3 is 5.11 Å². The van der Waals surface area contributed by atoms with Crippen LogP contribution in [0.1, 0.15) is 141 Å². The molecule has 4 heteroatoms. The molecule has 0 saturated carbocycles. The Hall–Kier alpha value is -6.26. The van der Waals surface area contributed by atoms with Gasteiger partial charge in [-0.15, -0.1) is 0 Å². The number of aromatic nitrogens is 3. The number of hydrogen-bond donors (Lipinski definition) is 1. The summed E-state index contributed by atoms with van der Waals surface area (Å²) in [4.78, 5) is 10.1. The lowest BCUT2D eigenvalue weighted by Crippen LogP contribution is -2.17. The first kappa shape index (κ1) is 27.2. The Kier molecular flexibility index (Phi) is 6.82.